The molecule has 0 saturated carbocycles. The van der Waals surface area contributed by atoms with Gasteiger partial charge in [0.15, 0.2) is 0 Å². The van der Waals surface area contributed by atoms with E-state index in [9.17, 15) is 13.6 Å². The van der Waals surface area contributed by atoms with E-state index in [1.165, 1.54) is 6.07 Å². The van der Waals surface area contributed by atoms with Gasteiger partial charge in [0, 0.05) is 11.6 Å². The maximum Gasteiger partial charge on any atom is 0.235 e. The number of halogens is 3. The predicted molar refractivity (Wildman–Crippen MR) is 53.6 cm³/mol. The maximum absolute atomic E-state index is 13.2. The SMILES string of the molecule is C[C@@H](NC(=O)CCl)c1ccc(F)cc1F. The summed E-state index contributed by atoms with van der Waals surface area (Å²) in [6.45, 7) is 1.60. The Kier molecular flexibility index (Phi) is 4.03. The Bertz CT molecular complexity index is 370. The third-order valence-electron chi connectivity index (χ3n) is 1.93. The number of amides is 1. The molecule has 0 aliphatic carbocycles. The molecule has 0 saturated heterocycles. The third kappa shape index (κ3) is 3.16. The van der Waals surface area contributed by atoms with Gasteiger partial charge in [-0.25, -0.2) is 8.78 Å². The van der Waals surface area contributed by atoms with Crippen molar-refractivity contribution < 1.29 is 13.6 Å². The van der Waals surface area contributed by atoms with Gasteiger partial charge in [-0.05, 0) is 13.0 Å². The van der Waals surface area contributed by atoms with Crippen molar-refractivity contribution in [1.82, 2.24) is 5.32 Å². The smallest absolute Gasteiger partial charge is 0.235 e. The van der Waals surface area contributed by atoms with E-state index in [1.54, 1.807) is 6.92 Å². The molecule has 1 N–H and O–H groups in total. The van der Waals surface area contributed by atoms with Crippen molar-refractivity contribution in [2.24, 2.45) is 0 Å². The minimum absolute atomic E-state index is 0.187. The highest BCUT2D eigenvalue weighted by Gasteiger charge is 2.13. The van der Waals surface area contributed by atoms with E-state index in [2.05, 4.69) is 5.32 Å². The predicted octanol–water partition coefficient (Wildman–Crippen LogP) is 2.38. The molecule has 0 spiro atoms. The Morgan fingerprint density at radius 3 is 2.73 bits per heavy atom. The molecular weight excluding hydrogens is 224 g/mol. The van der Waals surface area contributed by atoms with E-state index in [4.69, 9.17) is 11.6 Å². The minimum atomic E-state index is -0.683. The van der Waals surface area contributed by atoms with Crippen LogP contribution in [0, 0.1) is 11.6 Å². The molecule has 0 unspecified atom stereocenters. The number of rotatable bonds is 3. The molecule has 1 rings (SSSR count). The van der Waals surface area contributed by atoms with Crippen LogP contribution in [0.2, 0.25) is 0 Å². The van der Waals surface area contributed by atoms with Gasteiger partial charge in [-0.2, -0.15) is 0 Å². The van der Waals surface area contributed by atoms with Crippen molar-refractivity contribution in [3.05, 3.63) is 35.4 Å². The van der Waals surface area contributed by atoms with Crippen LogP contribution in [0.1, 0.15) is 18.5 Å². The molecule has 82 valence electrons. The van der Waals surface area contributed by atoms with Gasteiger partial charge in [0.2, 0.25) is 5.91 Å². The Labute approximate surface area is 91.2 Å². The first-order chi connectivity index (χ1) is 7.04. The molecule has 5 heteroatoms. The normalized spacial score (nSPS) is 12.3. The summed E-state index contributed by atoms with van der Waals surface area (Å²) in [7, 11) is 0. The number of hydrogen-bond donors (Lipinski definition) is 1. The second-order valence-corrected chi connectivity index (χ2v) is 3.36. The van der Waals surface area contributed by atoms with E-state index in [0.717, 1.165) is 12.1 Å². The summed E-state index contributed by atoms with van der Waals surface area (Å²) in [5.74, 6) is -1.91. The molecule has 1 aromatic carbocycles. The van der Waals surface area contributed by atoms with Crippen LogP contribution in [-0.4, -0.2) is 11.8 Å². The first-order valence-electron chi connectivity index (χ1n) is 4.35. The van der Waals surface area contributed by atoms with Gasteiger partial charge < -0.3 is 5.32 Å². The molecule has 15 heavy (non-hydrogen) atoms. The van der Waals surface area contributed by atoms with E-state index in [0.29, 0.717) is 0 Å². The molecule has 1 amide bonds. The molecule has 0 radical (unpaired) electrons. The minimum Gasteiger partial charge on any atom is -0.348 e. The lowest BCUT2D eigenvalue weighted by Gasteiger charge is -2.14. The summed E-state index contributed by atoms with van der Waals surface area (Å²) < 4.78 is 25.8. The van der Waals surface area contributed by atoms with Crippen LogP contribution >= 0.6 is 11.6 Å². The van der Waals surface area contributed by atoms with E-state index in [1.807, 2.05) is 0 Å². The molecule has 0 bridgehead atoms. The average Bonchev–Trinajstić information content (AvgIpc) is 2.17. The summed E-state index contributed by atoms with van der Waals surface area (Å²) >= 11 is 5.28. The number of alkyl halides is 1. The summed E-state index contributed by atoms with van der Waals surface area (Å²) in [5.41, 5.74) is 0.231. The highest BCUT2D eigenvalue weighted by molar-refractivity contribution is 6.27. The molecule has 0 fully saturated rings. The standard InChI is InChI=1S/C10H10ClF2NO/c1-6(14-10(15)5-11)8-3-2-7(12)4-9(8)13/h2-4,6H,5H2,1H3,(H,14,15)/t6-/m1/s1. The fraction of sp³-hybridized carbons (Fsp3) is 0.300. The van der Waals surface area contributed by atoms with Crippen molar-refractivity contribution >= 4 is 17.5 Å². The first kappa shape index (κ1) is 11.9. The Morgan fingerprint density at radius 1 is 1.53 bits per heavy atom. The van der Waals surface area contributed by atoms with E-state index >= 15 is 0 Å². The molecule has 0 aliphatic rings. The first-order valence-corrected chi connectivity index (χ1v) is 4.88. The lowest BCUT2D eigenvalue weighted by Crippen LogP contribution is -2.28. The molecule has 1 aromatic rings. The zero-order chi connectivity index (χ0) is 11.4. The zero-order valence-corrected chi connectivity index (χ0v) is 8.81. The number of carbonyl (C=O) groups excluding carboxylic acids is 1. The lowest BCUT2D eigenvalue weighted by molar-refractivity contribution is -0.119. The lowest BCUT2D eigenvalue weighted by atomic mass is 10.1. The van der Waals surface area contributed by atoms with Gasteiger partial charge >= 0.3 is 0 Å². The van der Waals surface area contributed by atoms with Gasteiger partial charge in [0.1, 0.15) is 17.5 Å². The molecule has 1 atom stereocenters. The summed E-state index contributed by atoms with van der Waals surface area (Å²) in [6.07, 6.45) is 0. The summed E-state index contributed by atoms with van der Waals surface area (Å²) in [6, 6.07) is 2.68. The quantitative estimate of drug-likeness (QED) is 0.798. The molecule has 0 aromatic heterocycles. The van der Waals surface area contributed by atoms with Crippen molar-refractivity contribution in [3.63, 3.8) is 0 Å². The van der Waals surface area contributed by atoms with Gasteiger partial charge in [-0.15, -0.1) is 11.6 Å². The summed E-state index contributed by atoms with van der Waals surface area (Å²) in [4.78, 5) is 10.9. The number of nitrogens with one attached hydrogen (secondary N) is 1. The van der Waals surface area contributed by atoms with Crippen LogP contribution in [-0.2, 0) is 4.79 Å². The fourth-order valence-electron chi connectivity index (χ4n) is 1.21. The molecule has 0 heterocycles. The number of benzene rings is 1. The number of hydrogen-bond acceptors (Lipinski definition) is 1. The van der Waals surface area contributed by atoms with E-state index < -0.39 is 23.6 Å². The van der Waals surface area contributed by atoms with E-state index in [-0.39, 0.29) is 11.4 Å². The van der Waals surface area contributed by atoms with Crippen LogP contribution < -0.4 is 5.32 Å². The molecule has 0 aliphatic heterocycles. The Hall–Kier alpha value is -1.16. The van der Waals surface area contributed by atoms with Crippen LogP contribution in [0.3, 0.4) is 0 Å². The second kappa shape index (κ2) is 5.07. The van der Waals surface area contributed by atoms with Gasteiger partial charge in [0.05, 0.1) is 6.04 Å². The van der Waals surface area contributed by atoms with Crippen molar-refractivity contribution in [3.8, 4) is 0 Å². The monoisotopic (exact) mass is 233 g/mol. The Morgan fingerprint density at radius 2 is 2.20 bits per heavy atom. The van der Waals surface area contributed by atoms with Gasteiger partial charge in [-0.1, -0.05) is 6.07 Å². The summed E-state index contributed by atoms with van der Waals surface area (Å²) in [5, 5.41) is 2.47. The largest absolute Gasteiger partial charge is 0.348 e. The van der Waals surface area contributed by atoms with Crippen molar-refractivity contribution in [1.29, 1.82) is 0 Å². The molecular formula is C10H10ClF2NO. The second-order valence-electron chi connectivity index (χ2n) is 3.09. The van der Waals surface area contributed by atoms with Gasteiger partial charge in [0.25, 0.3) is 0 Å². The Balaban J connectivity index is 2.82. The van der Waals surface area contributed by atoms with Crippen LogP contribution in [0.15, 0.2) is 18.2 Å². The molecule has 2 nitrogen and oxygen atoms in total. The fourth-order valence-corrected chi connectivity index (χ4v) is 1.29. The third-order valence-corrected chi connectivity index (χ3v) is 2.17. The zero-order valence-electron chi connectivity index (χ0n) is 8.06. The van der Waals surface area contributed by atoms with Crippen LogP contribution in [0.4, 0.5) is 8.78 Å². The van der Waals surface area contributed by atoms with Gasteiger partial charge in [-0.3, -0.25) is 4.79 Å². The van der Waals surface area contributed by atoms with Crippen molar-refractivity contribution in [2.75, 3.05) is 5.88 Å². The van der Waals surface area contributed by atoms with Crippen molar-refractivity contribution in [2.45, 2.75) is 13.0 Å². The average molecular weight is 234 g/mol. The highest BCUT2D eigenvalue weighted by Crippen LogP contribution is 2.17. The highest BCUT2D eigenvalue weighted by atomic mass is 35.5. The van der Waals surface area contributed by atoms with Crippen LogP contribution in [0.25, 0.3) is 0 Å². The maximum atomic E-state index is 13.2. The van der Waals surface area contributed by atoms with Crippen LogP contribution in [0.5, 0.6) is 0 Å². The topological polar surface area (TPSA) is 29.1 Å². The number of carbonyl (C=O) groups is 1.